The minimum Gasteiger partial charge on any atom is -0.493 e. The van der Waals surface area contributed by atoms with Crippen molar-refractivity contribution in [3.8, 4) is 17.6 Å². The van der Waals surface area contributed by atoms with Crippen LogP contribution in [0, 0.1) is 11.3 Å². The number of ether oxygens (including phenoxy) is 2. The quantitative estimate of drug-likeness (QED) is 0.418. The van der Waals surface area contributed by atoms with E-state index in [1.54, 1.807) is 6.07 Å². The van der Waals surface area contributed by atoms with Crippen LogP contribution in [-0.4, -0.2) is 19.6 Å². The van der Waals surface area contributed by atoms with Gasteiger partial charge in [-0.15, -0.1) is 0 Å². The molecule has 0 saturated heterocycles. The van der Waals surface area contributed by atoms with Gasteiger partial charge in [-0.05, 0) is 30.3 Å². The first-order valence-electron chi connectivity index (χ1n) is 7.88. The van der Waals surface area contributed by atoms with Crippen molar-refractivity contribution in [2.24, 2.45) is 0 Å². The zero-order chi connectivity index (χ0) is 21.6. The second kappa shape index (κ2) is 9.05. The van der Waals surface area contributed by atoms with Crippen molar-refractivity contribution < 1.29 is 36.2 Å². The van der Waals surface area contributed by atoms with E-state index < -0.39 is 35.6 Å². The molecule has 0 saturated carbocycles. The summed E-state index contributed by atoms with van der Waals surface area (Å²) < 4.78 is 73.0. The lowest BCUT2D eigenvalue weighted by Crippen LogP contribution is -2.14. The SMILES string of the molecule is COc1cccc(/C=C(\C#N)C(=O)Nc2cccc(C(F)(F)F)c2)c1OC(F)F. The molecule has 0 bridgehead atoms. The summed E-state index contributed by atoms with van der Waals surface area (Å²) >= 11 is 0. The standard InChI is InChI=1S/C19H13F5N2O3/c1-28-15-7-2-4-11(16(15)29-18(20)21)8-12(10-25)17(27)26-14-6-3-5-13(9-14)19(22,23)24/h2-9,18H,1H3,(H,26,27)/b12-8+. The van der Waals surface area contributed by atoms with Gasteiger partial charge in [-0.3, -0.25) is 4.79 Å². The molecule has 1 amide bonds. The van der Waals surface area contributed by atoms with E-state index in [2.05, 4.69) is 10.1 Å². The molecule has 0 atom stereocenters. The second-order valence-corrected chi connectivity index (χ2v) is 5.46. The van der Waals surface area contributed by atoms with Crippen LogP contribution in [0.2, 0.25) is 0 Å². The summed E-state index contributed by atoms with van der Waals surface area (Å²) in [4.78, 5) is 12.3. The van der Waals surface area contributed by atoms with Gasteiger partial charge >= 0.3 is 12.8 Å². The molecule has 0 unspecified atom stereocenters. The molecule has 0 spiro atoms. The minimum atomic E-state index is -4.61. The molecule has 2 rings (SSSR count). The highest BCUT2D eigenvalue weighted by Gasteiger charge is 2.30. The lowest BCUT2D eigenvalue weighted by atomic mass is 10.1. The van der Waals surface area contributed by atoms with Crippen LogP contribution in [0.4, 0.5) is 27.6 Å². The van der Waals surface area contributed by atoms with Gasteiger partial charge in [-0.25, -0.2) is 0 Å². The summed E-state index contributed by atoms with van der Waals surface area (Å²) in [5, 5.41) is 11.4. The van der Waals surface area contributed by atoms with E-state index in [0.29, 0.717) is 6.07 Å². The molecule has 152 valence electrons. The van der Waals surface area contributed by atoms with E-state index in [9.17, 15) is 32.0 Å². The molecule has 1 N–H and O–H groups in total. The smallest absolute Gasteiger partial charge is 0.416 e. The number of nitrogens with zero attached hydrogens (tertiary/aromatic N) is 1. The Morgan fingerprint density at radius 3 is 2.48 bits per heavy atom. The zero-order valence-electron chi connectivity index (χ0n) is 14.8. The number of carbonyl (C=O) groups excluding carboxylic acids is 1. The van der Waals surface area contributed by atoms with Gasteiger partial charge < -0.3 is 14.8 Å². The molecule has 0 aliphatic rings. The van der Waals surface area contributed by atoms with E-state index in [1.165, 1.54) is 31.4 Å². The number of nitrogens with one attached hydrogen (secondary N) is 1. The van der Waals surface area contributed by atoms with Crippen LogP contribution in [0.5, 0.6) is 11.5 Å². The molecule has 0 radical (unpaired) electrons. The Morgan fingerprint density at radius 1 is 1.21 bits per heavy atom. The molecule has 5 nitrogen and oxygen atoms in total. The number of nitriles is 1. The maximum Gasteiger partial charge on any atom is 0.416 e. The summed E-state index contributed by atoms with van der Waals surface area (Å²) in [7, 11) is 1.21. The van der Waals surface area contributed by atoms with Crippen LogP contribution in [0.25, 0.3) is 6.08 Å². The average molecular weight is 412 g/mol. The first kappa shape index (κ1) is 21.7. The van der Waals surface area contributed by atoms with Gasteiger partial charge in [0, 0.05) is 11.3 Å². The average Bonchev–Trinajstić information content (AvgIpc) is 2.66. The third-order valence-corrected chi connectivity index (χ3v) is 3.55. The van der Waals surface area contributed by atoms with Crippen molar-refractivity contribution in [3.63, 3.8) is 0 Å². The Kier molecular flexibility index (Phi) is 6.77. The van der Waals surface area contributed by atoms with Gasteiger partial charge in [0.1, 0.15) is 11.6 Å². The highest BCUT2D eigenvalue weighted by Crippen LogP contribution is 2.34. The molecule has 2 aromatic carbocycles. The van der Waals surface area contributed by atoms with E-state index in [-0.39, 0.29) is 17.0 Å². The number of anilines is 1. The lowest BCUT2D eigenvalue weighted by Gasteiger charge is -2.13. The first-order valence-corrected chi connectivity index (χ1v) is 7.88. The van der Waals surface area contributed by atoms with Crippen LogP contribution >= 0.6 is 0 Å². The molecule has 0 aliphatic heterocycles. The maximum absolute atomic E-state index is 12.8. The van der Waals surface area contributed by atoms with Gasteiger partial charge in [0.05, 0.1) is 12.7 Å². The molecular formula is C19H13F5N2O3. The molecule has 0 aliphatic carbocycles. The van der Waals surface area contributed by atoms with E-state index in [1.807, 2.05) is 0 Å². The number of benzene rings is 2. The molecular weight excluding hydrogens is 399 g/mol. The second-order valence-electron chi connectivity index (χ2n) is 5.46. The van der Waals surface area contributed by atoms with Crippen LogP contribution in [0.1, 0.15) is 11.1 Å². The molecule has 0 aromatic heterocycles. The van der Waals surface area contributed by atoms with Crippen molar-refractivity contribution >= 4 is 17.7 Å². The summed E-state index contributed by atoms with van der Waals surface area (Å²) in [5.41, 5.74) is -1.78. The number of carbonyl (C=O) groups is 1. The Morgan fingerprint density at radius 2 is 1.90 bits per heavy atom. The van der Waals surface area contributed by atoms with Crippen LogP contribution in [0.3, 0.4) is 0 Å². The number of alkyl halides is 5. The fourth-order valence-corrected chi connectivity index (χ4v) is 2.30. The van der Waals surface area contributed by atoms with Crippen molar-refractivity contribution in [2.75, 3.05) is 12.4 Å². The summed E-state index contributed by atoms with van der Waals surface area (Å²) in [6.45, 7) is -3.19. The van der Waals surface area contributed by atoms with E-state index in [4.69, 9.17) is 4.74 Å². The Hall–Kier alpha value is -3.61. The highest BCUT2D eigenvalue weighted by atomic mass is 19.4. The lowest BCUT2D eigenvalue weighted by molar-refractivity contribution is -0.137. The fraction of sp³-hybridized carbons (Fsp3) is 0.158. The highest BCUT2D eigenvalue weighted by molar-refractivity contribution is 6.09. The van der Waals surface area contributed by atoms with Gasteiger partial charge in [0.25, 0.3) is 5.91 Å². The zero-order valence-corrected chi connectivity index (χ0v) is 14.8. The van der Waals surface area contributed by atoms with Crippen molar-refractivity contribution in [3.05, 3.63) is 59.2 Å². The third kappa shape index (κ3) is 5.68. The number of hydrogen-bond donors (Lipinski definition) is 1. The predicted octanol–water partition coefficient (Wildman–Crippen LogP) is 4.86. The number of para-hydroxylation sites is 1. The van der Waals surface area contributed by atoms with Crippen molar-refractivity contribution in [2.45, 2.75) is 12.8 Å². The van der Waals surface area contributed by atoms with E-state index >= 15 is 0 Å². The first-order chi connectivity index (χ1) is 13.7. The maximum atomic E-state index is 12.8. The van der Waals surface area contributed by atoms with Gasteiger partial charge in [-0.1, -0.05) is 18.2 Å². The van der Waals surface area contributed by atoms with Crippen LogP contribution < -0.4 is 14.8 Å². The summed E-state index contributed by atoms with van der Waals surface area (Å²) in [5.74, 6) is -1.49. The molecule has 10 heteroatoms. The molecule has 29 heavy (non-hydrogen) atoms. The minimum absolute atomic E-state index is 0.0552. The molecule has 0 fully saturated rings. The normalized spacial score (nSPS) is 11.7. The summed E-state index contributed by atoms with van der Waals surface area (Å²) in [6, 6.07) is 9.45. The number of rotatable bonds is 6. The largest absolute Gasteiger partial charge is 0.493 e. The van der Waals surface area contributed by atoms with Gasteiger partial charge in [0.2, 0.25) is 0 Å². The van der Waals surface area contributed by atoms with Crippen molar-refractivity contribution in [1.82, 2.24) is 0 Å². The van der Waals surface area contributed by atoms with Crippen LogP contribution in [0.15, 0.2) is 48.0 Å². The van der Waals surface area contributed by atoms with Gasteiger partial charge in [-0.2, -0.15) is 27.2 Å². The van der Waals surface area contributed by atoms with Crippen molar-refractivity contribution in [1.29, 1.82) is 5.26 Å². The van der Waals surface area contributed by atoms with Crippen LogP contribution in [-0.2, 0) is 11.0 Å². The summed E-state index contributed by atoms with van der Waals surface area (Å²) in [6.07, 6.45) is -3.65. The monoisotopic (exact) mass is 412 g/mol. The number of hydrogen-bond acceptors (Lipinski definition) is 4. The number of amides is 1. The third-order valence-electron chi connectivity index (χ3n) is 3.55. The van der Waals surface area contributed by atoms with E-state index in [0.717, 1.165) is 18.2 Å². The fourth-order valence-electron chi connectivity index (χ4n) is 2.30. The number of methoxy groups -OCH3 is 1. The molecule has 2 aromatic rings. The Labute approximate surface area is 162 Å². The Bertz CT molecular complexity index is 965. The van der Waals surface area contributed by atoms with Gasteiger partial charge in [0.15, 0.2) is 11.5 Å². The predicted molar refractivity (Wildman–Crippen MR) is 93.3 cm³/mol. The molecule has 0 heterocycles. The Balaban J connectivity index is 2.36. The number of halogens is 5. The topological polar surface area (TPSA) is 71.3 Å².